The molecule has 0 amide bonds. The van der Waals surface area contributed by atoms with E-state index in [-0.39, 0.29) is 17.8 Å². The maximum Gasteiger partial charge on any atom is 0.435 e. The van der Waals surface area contributed by atoms with E-state index in [9.17, 15) is 18.0 Å². The molecule has 2 aromatic rings. The highest BCUT2D eigenvalue weighted by atomic mass is 32.1. The standard InChI is InChI=1S/C16H17F3N2O2S/c1-3-10(2)20-15-21-13(16(17,18)19)12(24-15)14(22)23-9-11-7-5-4-6-8-11/h4-8,10H,3,9H2,1-2H3,(H,20,21). The van der Waals surface area contributed by atoms with Gasteiger partial charge < -0.3 is 10.1 Å². The van der Waals surface area contributed by atoms with E-state index in [0.29, 0.717) is 23.3 Å². The predicted molar refractivity (Wildman–Crippen MR) is 86.1 cm³/mol. The number of thiazole rings is 1. The number of hydrogen-bond acceptors (Lipinski definition) is 5. The first-order chi connectivity index (χ1) is 11.3. The van der Waals surface area contributed by atoms with Gasteiger partial charge in [0.25, 0.3) is 0 Å². The summed E-state index contributed by atoms with van der Waals surface area (Å²) >= 11 is 0.657. The summed E-state index contributed by atoms with van der Waals surface area (Å²) in [5.74, 6) is -1.03. The topological polar surface area (TPSA) is 51.2 Å². The fourth-order valence-corrected chi connectivity index (χ4v) is 2.80. The summed E-state index contributed by atoms with van der Waals surface area (Å²) in [7, 11) is 0. The molecule has 24 heavy (non-hydrogen) atoms. The van der Waals surface area contributed by atoms with Gasteiger partial charge in [0.1, 0.15) is 11.5 Å². The number of anilines is 1. The minimum Gasteiger partial charge on any atom is -0.457 e. The average molecular weight is 358 g/mol. The van der Waals surface area contributed by atoms with Crippen molar-refractivity contribution in [1.29, 1.82) is 0 Å². The third kappa shape index (κ3) is 4.70. The van der Waals surface area contributed by atoms with Crippen molar-refractivity contribution in [2.45, 2.75) is 39.1 Å². The molecule has 0 saturated heterocycles. The van der Waals surface area contributed by atoms with E-state index in [1.165, 1.54) is 0 Å². The first kappa shape index (κ1) is 18.3. The van der Waals surface area contributed by atoms with Gasteiger partial charge >= 0.3 is 12.1 Å². The molecular formula is C16H17F3N2O2S. The molecule has 1 atom stereocenters. The van der Waals surface area contributed by atoms with E-state index in [1.807, 2.05) is 13.8 Å². The van der Waals surface area contributed by atoms with Gasteiger partial charge in [-0.15, -0.1) is 0 Å². The molecule has 0 aliphatic rings. The van der Waals surface area contributed by atoms with Crippen molar-refractivity contribution in [2.24, 2.45) is 0 Å². The van der Waals surface area contributed by atoms with Gasteiger partial charge in [-0.2, -0.15) is 13.2 Å². The molecule has 0 aliphatic carbocycles. The highest BCUT2D eigenvalue weighted by Crippen LogP contribution is 2.36. The quantitative estimate of drug-likeness (QED) is 0.759. The number of aromatic nitrogens is 1. The highest BCUT2D eigenvalue weighted by Gasteiger charge is 2.40. The number of benzene rings is 1. The van der Waals surface area contributed by atoms with E-state index in [4.69, 9.17) is 4.74 Å². The molecule has 0 radical (unpaired) electrons. The molecule has 1 aromatic carbocycles. The lowest BCUT2D eigenvalue weighted by Crippen LogP contribution is -2.15. The molecule has 0 saturated carbocycles. The van der Waals surface area contributed by atoms with Crippen LogP contribution < -0.4 is 5.32 Å². The summed E-state index contributed by atoms with van der Waals surface area (Å²) in [6.07, 6.45) is -4.00. The third-order valence-corrected chi connectivity index (χ3v) is 4.24. The third-order valence-electron chi connectivity index (χ3n) is 3.28. The molecular weight excluding hydrogens is 341 g/mol. The van der Waals surface area contributed by atoms with Crippen molar-refractivity contribution >= 4 is 22.4 Å². The number of carbonyl (C=O) groups excluding carboxylic acids is 1. The Hall–Kier alpha value is -2.09. The average Bonchev–Trinajstić information content (AvgIpc) is 2.97. The van der Waals surface area contributed by atoms with Gasteiger partial charge in [0.2, 0.25) is 0 Å². The van der Waals surface area contributed by atoms with Gasteiger partial charge in [-0.05, 0) is 18.9 Å². The SMILES string of the molecule is CCC(C)Nc1nc(C(F)(F)F)c(C(=O)OCc2ccccc2)s1. The van der Waals surface area contributed by atoms with E-state index < -0.39 is 22.7 Å². The normalized spacial score (nSPS) is 12.7. The Morgan fingerprint density at radius 1 is 1.33 bits per heavy atom. The maximum absolute atomic E-state index is 13.1. The largest absolute Gasteiger partial charge is 0.457 e. The van der Waals surface area contributed by atoms with Crippen molar-refractivity contribution in [3.8, 4) is 0 Å². The van der Waals surface area contributed by atoms with Crippen molar-refractivity contribution in [3.05, 3.63) is 46.5 Å². The summed E-state index contributed by atoms with van der Waals surface area (Å²) in [5.41, 5.74) is -0.516. The molecule has 0 spiro atoms. The zero-order valence-electron chi connectivity index (χ0n) is 13.2. The van der Waals surface area contributed by atoms with Crippen LogP contribution in [0.2, 0.25) is 0 Å². The maximum atomic E-state index is 13.1. The first-order valence-corrected chi connectivity index (χ1v) is 8.18. The molecule has 1 aromatic heterocycles. The second-order valence-electron chi connectivity index (χ2n) is 5.21. The Balaban J connectivity index is 2.18. The number of nitrogens with one attached hydrogen (secondary N) is 1. The van der Waals surface area contributed by atoms with E-state index >= 15 is 0 Å². The van der Waals surface area contributed by atoms with Gasteiger partial charge in [0, 0.05) is 6.04 Å². The van der Waals surface area contributed by atoms with Gasteiger partial charge in [0.05, 0.1) is 0 Å². The zero-order chi connectivity index (χ0) is 17.7. The molecule has 1 heterocycles. The number of halogens is 3. The molecule has 0 fully saturated rings. The first-order valence-electron chi connectivity index (χ1n) is 7.36. The van der Waals surface area contributed by atoms with Crippen LogP contribution in [0.1, 0.15) is 41.2 Å². The van der Waals surface area contributed by atoms with Gasteiger partial charge in [-0.3, -0.25) is 0 Å². The van der Waals surface area contributed by atoms with Crippen LogP contribution in [-0.4, -0.2) is 17.0 Å². The number of esters is 1. The molecule has 2 rings (SSSR count). The van der Waals surface area contributed by atoms with Gasteiger partial charge in [-0.1, -0.05) is 48.6 Å². The van der Waals surface area contributed by atoms with Crippen LogP contribution in [-0.2, 0) is 17.5 Å². The summed E-state index contributed by atoms with van der Waals surface area (Å²) in [5, 5.41) is 2.91. The molecule has 1 N–H and O–H groups in total. The van der Waals surface area contributed by atoms with E-state index in [1.54, 1.807) is 30.3 Å². The number of ether oxygens (including phenoxy) is 1. The molecule has 0 aliphatic heterocycles. The fourth-order valence-electron chi connectivity index (χ4n) is 1.81. The van der Waals surface area contributed by atoms with Crippen LogP contribution in [0.3, 0.4) is 0 Å². The van der Waals surface area contributed by atoms with Crippen LogP contribution in [0.15, 0.2) is 30.3 Å². The monoisotopic (exact) mass is 358 g/mol. The van der Waals surface area contributed by atoms with Crippen LogP contribution in [0.25, 0.3) is 0 Å². The van der Waals surface area contributed by atoms with Gasteiger partial charge in [-0.25, -0.2) is 9.78 Å². The lowest BCUT2D eigenvalue weighted by atomic mass is 10.2. The Morgan fingerprint density at radius 2 is 2.00 bits per heavy atom. The Labute approximate surface area is 141 Å². The van der Waals surface area contributed by atoms with Crippen LogP contribution in [0.4, 0.5) is 18.3 Å². The smallest absolute Gasteiger partial charge is 0.435 e. The van der Waals surface area contributed by atoms with E-state index in [0.717, 1.165) is 0 Å². The molecule has 4 nitrogen and oxygen atoms in total. The van der Waals surface area contributed by atoms with Crippen LogP contribution in [0, 0.1) is 0 Å². The minimum atomic E-state index is -4.72. The molecule has 0 bridgehead atoms. The second-order valence-corrected chi connectivity index (χ2v) is 6.21. The number of nitrogens with zero attached hydrogens (tertiary/aromatic N) is 1. The number of rotatable bonds is 6. The summed E-state index contributed by atoms with van der Waals surface area (Å²) in [6.45, 7) is 3.62. The molecule has 1 unspecified atom stereocenters. The highest BCUT2D eigenvalue weighted by molar-refractivity contribution is 7.17. The van der Waals surface area contributed by atoms with Crippen molar-refractivity contribution in [2.75, 3.05) is 5.32 Å². The Bertz CT molecular complexity index is 686. The molecule has 8 heteroatoms. The second kappa shape index (κ2) is 7.65. The summed E-state index contributed by atoms with van der Waals surface area (Å²) < 4.78 is 44.3. The van der Waals surface area contributed by atoms with Gasteiger partial charge in [0.15, 0.2) is 10.8 Å². The molecule has 130 valence electrons. The minimum absolute atomic E-state index is 0.0505. The fraction of sp³-hybridized carbons (Fsp3) is 0.375. The van der Waals surface area contributed by atoms with Crippen molar-refractivity contribution in [1.82, 2.24) is 4.98 Å². The van der Waals surface area contributed by atoms with E-state index in [2.05, 4.69) is 10.3 Å². The lowest BCUT2D eigenvalue weighted by Gasteiger charge is -2.08. The number of alkyl halides is 3. The predicted octanol–water partition coefficient (Wildman–Crippen LogP) is 4.73. The lowest BCUT2D eigenvalue weighted by molar-refractivity contribution is -0.141. The summed E-state index contributed by atoms with van der Waals surface area (Å²) in [6, 6.07) is 8.70. The summed E-state index contributed by atoms with van der Waals surface area (Å²) in [4.78, 5) is 15.1. The van der Waals surface area contributed by atoms with Crippen molar-refractivity contribution in [3.63, 3.8) is 0 Å². The zero-order valence-corrected chi connectivity index (χ0v) is 14.0. The number of hydrogen-bond donors (Lipinski definition) is 1. The van der Waals surface area contributed by atoms with Crippen molar-refractivity contribution < 1.29 is 22.7 Å². The van der Waals surface area contributed by atoms with Crippen LogP contribution >= 0.6 is 11.3 Å². The Morgan fingerprint density at radius 3 is 2.58 bits per heavy atom. The Kier molecular flexibility index (Phi) is 5.82. The number of carbonyl (C=O) groups is 1. The van der Waals surface area contributed by atoms with Crippen LogP contribution in [0.5, 0.6) is 0 Å².